The van der Waals surface area contributed by atoms with E-state index in [1.165, 1.54) is 5.56 Å². The Morgan fingerprint density at radius 2 is 2.16 bits per heavy atom. The number of halogens is 1. The average molecular weight is 319 g/mol. The standard InChI is InChI=1S/C15H15BrN2O/c1-9-4-5-18-8-12(9)15-7-13(17)11-6-10(16)2-3-14(11)19-15/h2-6,8,13,15H,7,17H2,1H3/t13-,15?/m1/s1. The van der Waals surface area contributed by atoms with E-state index in [-0.39, 0.29) is 12.1 Å². The van der Waals surface area contributed by atoms with E-state index in [1.807, 2.05) is 30.5 Å². The molecule has 98 valence electrons. The molecule has 19 heavy (non-hydrogen) atoms. The maximum absolute atomic E-state index is 6.27. The van der Waals surface area contributed by atoms with Crippen molar-refractivity contribution >= 4 is 15.9 Å². The molecule has 0 spiro atoms. The molecule has 0 amide bonds. The van der Waals surface area contributed by atoms with Crippen LogP contribution in [0.3, 0.4) is 0 Å². The van der Waals surface area contributed by atoms with E-state index in [9.17, 15) is 0 Å². The van der Waals surface area contributed by atoms with Crippen LogP contribution in [-0.4, -0.2) is 4.98 Å². The zero-order chi connectivity index (χ0) is 13.4. The van der Waals surface area contributed by atoms with Gasteiger partial charge < -0.3 is 10.5 Å². The van der Waals surface area contributed by atoms with E-state index in [4.69, 9.17) is 10.5 Å². The summed E-state index contributed by atoms with van der Waals surface area (Å²) in [6.07, 6.45) is 4.43. The number of rotatable bonds is 1. The van der Waals surface area contributed by atoms with Crippen molar-refractivity contribution in [1.82, 2.24) is 4.98 Å². The molecule has 1 aliphatic rings. The first-order chi connectivity index (χ1) is 9.15. The largest absolute Gasteiger partial charge is 0.485 e. The summed E-state index contributed by atoms with van der Waals surface area (Å²) in [5, 5.41) is 0. The van der Waals surface area contributed by atoms with Gasteiger partial charge >= 0.3 is 0 Å². The lowest BCUT2D eigenvalue weighted by molar-refractivity contribution is 0.160. The van der Waals surface area contributed by atoms with Gasteiger partial charge in [0.05, 0.1) is 0 Å². The molecule has 1 aliphatic heterocycles. The van der Waals surface area contributed by atoms with Gasteiger partial charge in [-0.25, -0.2) is 0 Å². The highest BCUT2D eigenvalue weighted by atomic mass is 79.9. The van der Waals surface area contributed by atoms with Crippen molar-refractivity contribution < 1.29 is 4.74 Å². The lowest BCUT2D eigenvalue weighted by Crippen LogP contribution is -2.24. The van der Waals surface area contributed by atoms with Crippen LogP contribution >= 0.6 is 15.9 Å². The molecule has 3 rings (SSSR count). The van der Waals surface area contributed by atoms with Crippen LogP contribution in [0.15, 0.2) is 41.1 Å². The molecule has 1 unspecified atom stereocenters. The highest BCUT2D eigenvalue weighted by Gasteiger charge is 2.28. The van der Waals surface area contributed by atoms with Crippen molar-refractivity contribution in [2.75, 3.05) is 0 Å². The monoisotopic (exact) mass is 318 g/mol. The van der Waals surface area contributed by atoms with Crippen molar-refractivity contribution in [3.63, 3.8) is 0 Å². The molecular weight excluding hydrogens is 304 g/mol. The summed E-state index contributed by atoms with van der Waals surface area (Å²) in [7, 11) is 0. The second kappa shape index (κ2) is 4.94. The van der Waals surface area contributed by atoms with Crippen molar-refractivity contribution in [1.29, 1.82) is 0 Å². The predicted octanol–water partition coefficient (Wildman–Crippen LogP) is 3.68. The summed E-state index contributed by atoms with van der Waals surface area (Å²) in [6, 6.07) is 7.97. The third kappa shape index (κ3) is 2.38. The maximum atomic E-state index is 6.27. The van der Waals surface area contributed by atoms with Gasteiger partial charge in [0.2, 0.25) is 0 Å². The molecule has 1 aromatic carbocycles. The number of nitrogens with two attached hydrogens (primary N) is 1. The minimum absolute atomic E-state index is 0.00847. The molecule has 2 heterocycles. The van der Waals surface area contributed by atoms with E-state index in [0.29, 0.717) is 0 Å². The maximum Gasteiger partial charge on any atom is 0.127 e. The Morgan fingerprint density at radius 1 is 1.32 bits per heavy atom. The van der Waals surface area contributed by atoms with Crippen LogP contribution in [0.1, 0.15) is 35.3 Å². The molecule has 2 N–H and O–H groups in total. The van der Waals surface area contributed by atoms with Gasteiger partial charge in [-0.1, -0.05) is 15.9 Å². The average Bonchev–Trinajstić information content (AvgIpc) is 2.40. The number of nitrogens with zero attached hydrogens (tertiary/aromatic N) is 1. The van der Waals surface area contributed by atoms with Gasteiger partial charge in [0.1, 0.15) is 11.9 Å². The Labute approximate surface area is 120 Å². The Balaban J connectivity index is 1.97. The van der Waals surface area contributed by atoms with Crippen LogP contribution < -0.4 is 10.5 Å². The lowest BCUT2D eigenvalue weighted by atomic mass is 9.93. The first-order valence-corrected chi connectivity index (χ1v) is 7.06. The zero-order valence-corrected chi connectivity index (χ0v) is 12.2. The molecule has 4 heteroatoms. The van der Waals surface area contributed by atoms with Crippen LogP contribution in [-0.2, 0) is 0 Å². The quantitative estimate of drug-likeness (QED) is 0.872. The molecule has 0 aliphatic carbocycles. The van der Waals surface area contributed by atoms with Crippen LogP contribution in [0.5, 0.6) is 5.75 Å². The zero-order valence-electron chi connectivity index (χ0n) is 10.6. The van der Waals surface area contributed by atoms with Crippen LogP contribution in [0.2, 0.25) is 0 Å². The number of aryl methyl sites for hydroxylation is 1. The highest BCUT2D eigenvalue weighted by Crippen LogP contribution is 2.41. The predicted molar refractivity (Wildman–Crippen MR) is 78.0 cm³/mol. The molecular formula is C15H15BrN2O. The fourth-order valence-electron chi connectivity index (χ4n) is 2.48. The van der Waals surface area contributed by atoms with Crippen LogP contribution in [0.25, 0.3) is 0 Å². The second-order valence-electron chi connectivity index (χ2n) is 4.86. The summed E-state index contributed by atoms with van der Waals surface area (Å²) in [4.78, 5) is 4.19. The number of pyridine rings is 1. The summed E-state index contributed by atoms with van der Waals surface area (Å²) in [5.74, 6) is 0.871. The van der Waals surface area contributed by atoms with Gasteiger partial charge in [-0.3, -0.25) is 4.98 Å². The van der Waals surface area contributed by atoms with Crippen molar-refractivity contribution in [2.45, 2.75) is 25.5 Å². The van der Waals surface area contributed by atoms with Crippen molar-refractivity contribution in [3.05, 3.63) is 57.8 Å². The molecule has 0 fully saturated rings. The Kier molecular flexibility index (Phi) is 3.29. The van der Waals surface area contributed by atoms with Crippen molar-refractivity contribution in [2.24, 2.45) is 5.73 Å². The fraction of sp³-hybridized carbons (Fsp3) is 0.267. The Morgan fingerprint density at radius 3 is 2.95 bits per heavy atom. The molecule has 0 radical (unpaired) electrons. The minimum Gasteiger partial charge on any atom is -0.485 e. The van der Waals surface area contributed by atoms with E-state index >= 15 is 0 Å². The summed E-state index contributed by atoms with van der Waals surface area (Å²) in [5.41, 5.74) is 9.64. The first kappa shape index (κ1) is 12.6. The SMILES string of the molecule is Cc1ccncc1C1C[C@@H](N)c2cc(Br)ccc2O1. The third-order valence-corrected chi connectivity index (χ3v) is 4.03. The number of benzene rings is 1. The minimum atomic E-state index is -0.0163. The van der Waals surface area contributed by atoms with E-state index in [2.05, 4.69) is 27.8 Å². The van der Waals surface area contributed by atoms with Gasteiger partial charge in [-0.15, -0.1) is 0 Å². The smallest absolute Gasteiger partial charge is 0.127 e. The van der Waals surface area contributed by atoms with Gasteiger partial charge in [0, 0.05) is 40.5 Å². The van der Waals surface area contributed by atoms with Gasteiger partial charge in [0.25, 0.3) is 0 Å². The lowest BCUT2D eigenvalue weighted by Gasteiger charge is -2.31. The van der Waals surface area contributed by atoms with E-state index in [0.717, 1.165) is 27.8 Å². The molecule has 0 bridgehead atoms. The van der Waals surface area contributed by atoms with Gasteiger partial charge in [-0.2, -0.15) is 0 Å². The first-order valence-electron chi connectivity index (χ1n) is 6.27. The number of hydrogen-bond donors (Lipinski definition) is 1. The summed E-state index contributed by atoms with van der Waals surface area (Å²) < 4.78 is 7.11. The third-order valence-electron chi connectivity index (χ3n) is 3.53. The molecule has 2 atom stereocenters. The molecule has 0 saturated carbocycles. The van der Waals surface area contributed by atoms with Crippen LogP contribution in [0.4, 0.5) is 0 Å². The number of ether oxygens (including phenoxy) is 1. The fourth-order valence-corrected chi connectivity index (χ4v) is 2.86. The highest BCUT2D eigenvalue weighted by molar-refractivity contribution is 9.10. The van der Waals surface area contributed by atoms with Gasteiger partial charge in [0.15, 0.2) is 0 Å². The summed E-state index contributed by atoms with van der Waals surface area (Å²) >= 11 is 3.47. The topological polar surface area (TPSA) is 48.1 Å². The van der Waals surface area contributed by atoms with Gasteiger partial charge in [-0.05, 0) is 36.8 Å². The second-order valence-corrected chi connectivity index (χ2v) is 5.78. The van der Waals surface area contributed by atoms with E-state index in [1.54, 1.807) is 6.20 Å². The number of fused-ring (bicyclic) bond motifs is 1. The summed E-state index contributed by atoms with van der Waals surface area (Å²) in [6.45, 7) is 2.07. The van der Waals surface area contributed by atoms with E-state index < -0.39 is 0 Å². The molecule has 3 nitrogen and oxygen atoms in total. The number of hydrogen-bond acceptors (Lipinski definition) is 3. The molecule has 0 saturated heterocycles. The Bertz CT molecular complexity index is 615. The number of aromatic nitrogens is 1. The normalized spacial score (nSPS) is 21.6. The molecule has 1 aromatic heterocycles. The van der Waals surface area contributed by atoms with Crippen molar-refractivity contribution in [3.8, 4) is 5.75 Å². The van der Waals surface area contributed by atoms with Crippen LogP contribution in [0, 0.1) is 6.92 Å². The Hall–Kier alpha value is -1.39. The molecule has 2 aromatic rings.